The molecule has 0 saturated carbocycles. The third kappa shape index (κ3) is 3.62. The molecule has 1 aromatic heterocycles. The summed E-state index contributed by atoms with van der Waals surface area (Å²) in [6, 6.07) is -0.568. The van der Waals surface area contributed by atoms with Gasteiger partial charge in [0.05, 0.1) is 5.75 Å². The van der Waals surface area contributed by atoms with Gasteiger partial charge in [-0.05, 0) is 20.8 Å². The van der Waals surface area contributed by atoms with Gasteiger partial charge in [0.2, 0.25) is 11.9 Å². The van der Waals surface area contributed by atoms with Gasteiger partial charge < -0.3 is 15.7 Å². The molecular formula is C11H19N5O3S. The molecule has 1 rings (SSSR count). The molecule has 1 aromatic rings. The van der Waals surface area contributed by atoms with E-state index in [4.69, 9.17) is 10.8 Å². The summed E-state index contributed by atoms with van der Waals surface area (Å²) >= 11 is 0.988. The first-order valence-corrected chi connectivity index (χ1v) is 7.24. The second-order valence-corrected chi connectivity index (χ2v) is 5.02. The Kier molecular flexibility index (Phi) is 5.81. The number of aliphatic carboxylic acids is 1. The Morgan fingerprint density at radius 3 is 2.50 bits per heavy atom. The zero-order valence-corrected chi connectivity index (χ0v) is 12.6. The van der Waals surface area contributed by atoms with E-state index in [1.165, 1.54) is 4.57 Å². The lowest BCUT2D eigenvalue weighted by atomic mass is 10.3. The molecule has 3 N–H and O–H groups in total. The normalized spacial score (nSPS) is 12.2. The third-order valence-corrected chi connectivity index (χ3v) is 3.76. The highest BCUT2D eigenvalue weighted by Crippen LogP contribution is 2.24. The predicted octanol–water partition coefficient (Wildman–Crippen LogP) is 0.466. The Bertz CT molecular complexity index is 486. The number of hydrogen-bond acceptors (Lipinski definition) is 6. The molecule has 8 nitrogen and oxygen atoms in total. The predicted molar refractivity (Wildman–Crippen MR) is 75.4 cm³/mol. The molecular weight excluding hydrogens is 282 g/mol. The number of carboxylic acid groups (broad SMARTS) is 1. The number of carbonyl (C=O) groups is 2. The zero-order valence-electron chi connectivity index (χ0n) is 11.7. The Labute approximate surface area is 121 Å². The van der Waals surface area contributed by atoms with Crippen LogP contribution in [0.15, 0.2) is 5.16 Å². The van der Waals surface area contributed by atoms with Crippen molar-refractivity contribution in [2.75, 3.05) is 24.6 Å². The molecule has 112 valence electrons. The van der Waals surface area contributed by atoms with E-state index in [2.05, 4.69) is 10.2 Å². The van der Waals surface area contributed by atoms with Crippen molar-refractivity contribution in [2.45, 2.75) is 32.0 Å². The number of likely N-dealkylation sites (N-methyl/N-ethyl adjacent to an activating group) is 1. The van der Waals surface area contributed by atoms with Gasteiger partial charge in [-0.2, -0.15) is 0 Å². The fourth-order valence-electron chi connectivity index (χ4n) is 1.79. The van der Waals surface area contributed by atoms with Gasteiger partial charge in [-0.1, -0.05) is 11.8 Å². The number of nitrogens with two attached hydrogens (primary N) is 1. The lowest BCUT2D eigenvalue weighted by Crippen LogP contribution is -2.36. The molecule has 0 radical (unpaired) electrons. The Balaban J connectivity index is 2.96. The van der Waals surface area contributed by atoms with Crippen LogP contribution in [0.4, 0.5) is 5.95 Å². The summed E-state index contributed by atoms with van der Waals surface area (Å²) in [6.07, 6.45) is 0. The van der Waals surface area contributed by atoms with Gasteiger partial charge in [0.1, 0.15) is 6.04 Å². The van der Waals surface area contributed by atoms with Crippen molar-refractivity contribution in [1.29, 1.82) is 0 Å². The highest BCUT2D eigenvalue weighted by atomic mass is 32.2. The molecule has 0 aliphatic heterocycles. The van der Waals surface area contributed by atoms with Gasteiger partial charge in [0, 0.05) is 13.1 Å². The topological polar surface area (TPSA) is 114 Å². The molecule has 1 unspecified atom stereocenters. The number of amides is 1. The van der Waals surface area contributed by atoms with Crippen molar-refractivity contribution in [2.24, 2.45) is 0 Å². The standard InChI is InChI=1S/C11H19N5O3S/c1-4-15(5-2)9(19)7(3)16-10(12)13-14-11(16)20-6-8(17)18/h7H,4-6H2,1-3H3,(H2,12,13)(H,17,18). The summed E-state index contributed by atoms with van der Waals surface area (Å²) in [5.74, 6) is -1.12. The molecule has 1 amide bonds. The smallest absolute Gasteiger partial charge is 0.313 e. The highest BCUT2D eigenvalue weighted by molar-refractivity contribution is 7.99. The van der Waals surface area contributed by atoms with E-state index in [0.717, 1.165) is 11.8 Å². The second-order valence-electron chi connectivity index (χ2n) is 4.08. The van der Waals surface area contributed by atoms with E-state index in [1.54, 1.807) is 11.8 Å². The maximum absolute atomic E-state index is 12.3. The van der Waals surface area contributed by atoms with Gasteiger partial charge >= 0.3 is 5.97 Å². The number of nitrogens with zero attached hydrogens (tertiary/aromatic N) is 4. The van der Waals surface area contributed by atoms with Crippen molar-refractivity contribution in [3.05, 3.63) is 0 Å². The zero-order chi connectivity index (χ0) is 15.3. The number of carbonyl (C=O) groups excluding carboxylic acids is 1. The summed E-state index contributed by atoms with van der Waals surface area (Å²) in [5.41, 5.74) is 5.73. The number of hydrogen-bond donors (Lipinski definition) is 2. The number of aromatic nitrogens is 3. The minimum absolute atomic E-state index is 0.0984. The summed E-state index contributed by atoms with van der Waals surface area (Å²) in [5, 5.41) is 16.6. The van der Waals surface area contributed by atoms with Gasteiger partial charge in [-0.25, -0.2) is 0 Å². The van der Waals surface area contributed by atoms with E-state index in [1.807, 2.05) is 13.8 Å². The van der Waals surface area contributed by atoms with Crippen LogP contribution in [0, 0.1) is 0 Å². The van der Waals surface area contributed by atoms with E-state index in [0.29, 0.717) is 18.2 Å². The lowest BCUT2D eigenvalue weighted by Gasteiger charge is -2.24. The van der Waals surface area contributed by atoms with E-state index in [9.17, 15) is 9.59 Å². The molecule has 1 heterocycles. The summed E-state index contributed by atoms with van der Waals surface area (Å²) in [4.78, 5) is 24.6. The molecule has 0 aromatic carbocycles. The van der Waals surface area contributed by atoms with E-state index in [-0.39, 0.29) is 17.6 Å². The average molecular weight is 301 g/mol. The highest BCUT2D eigenvalue weighted by Gasteiger charge is 2.25. The van der Waals surface area contributed by atoms with Crippen LogP contribution in [0.25, 0.3) is 0 Å². The van der Waals surface area contributed by atoms with Crippen molar-refractivity contribution in [3.8, 4) is 0 Å². The Morgan fingerprint density at radius 1 is 1.40 bits per heavy atom. The van der Waals surface area contributed by atoms with Gasteiger partial charge in [0.25, 0.3) is 0 Å². The van der Waals surface area contributed by atoms with Crippen LogP contribution in [-0.4, -0.2) is 55.5 Å². The minimum atomic E-state index is -0.967. The molecule has 0 bridgehead atoms. The van der Waals surface area contributed by atoms with Crippen LogP contribution in [0.5, 0.6) is 0 Å². The SMILES string of the molecule is CCN(CC)C(=O)C(C)n1c(N)nnc1SCC(=O)O. The number of anilines is 1. The maximum Gasteiger partial charge on any atom is 0.313 e. The van der Waals surface area contributed by atoms with Crippen LogP contribution in [0.3, 0.4) is 0 Å². The fourth-order valence-corrected chi connectivity index (χ4v) is 2.53. The molecule has 0 aliphatic carbocycles. The average Bonchev–Trinajstić information content (AvgIpc) is 2.78. The molecule has 0 fully saturated rings. The van der Waals surface area contributed by atoms with Crippen LogP contribution >= 0.6 is 11.8 Å². The molecule has 20 heavy (non-hydrogen) atoms. The van der Waals surface area contributed by atoms with Crippen LogP contribution in [0.1, 0.15) is 26.8 Å². The van der Waals surface area contributed by atoms with E-state index < -0.39 is 12.0 Å². The summed E-state index contributed by atoms with van der Waals surface area (Å²) in [6.45, 7) is 6.68. The summed E-state index contributed by atoms with van der Waals surface area (Å²) in [7, 11) is 0. The van der Waals surface area contributed by atoms with E-state index >= 15 is 0 Å². The van der Waals surface area contributed by atoms with Crippen molar-refractivity contribution >= 4 is 29.6 Å². The monoisotopic (exact) mass is 301 g/mol. The summed E-state index contributed by atoms with van der Waals surface area (Å²) < 4.78 is 1.47. The first-order valence-electron chi connectivity index (χ1n) is 6.26. The van der Waals surface area contributed by atoms with Crippen LogP contribution < -0.4 is 5.73 Å². The molecule has 0 spiro atoms. The quantitative estimate of drug-likeness (QED) is 0.703. The number of nitrogen functional groups attached to an aromatic ring is 1. The van der Waals surface area contributed by atoms with Crippen molar-refractivity contribution < 1.29 is 14.7 Å². The van der Waals surface area contributed by atoms with Gasteiger partial charge in [-0.15, -0.1) is 10.2 Å². The number of rotatable bonds is 7. The third-order valence-electron chi connectivity index (χ3n) is 2.84. The maximum atomic E-state index is 12.3. The molecule has 1 atom stereocenters. The molecule has 0 aliphatic rings. The molecule has 0 saturated heterocycles. The lowest BCUT2D eigenvalue weighted by molar-refractivity contribution is -0.134. The molecule has 9 heteroatoms. The van der Waals surface area contributed by atoms with Crippen LogP contribution in [-0.2, 0) is 9.59 Å². The number of carboxylic acids is 1. The Morgan fingerprint density at radius 2 is 2.00 bits per heavy atom. The minimum Gasteiger partial charge on any atom is -0.481 e. The largest absolute Gasteiger partial charge is 0.481 e. The van der Waals surface area contributed by atoms with Crippen molar-refractivity contribution in [1.82, 2.24) is 19.7 Å². The number of thioether (sulfide) groups is 1. The van der Waals surface area contributed by atoms with Crippen LogP contribution in [0.2, 0.25) is 0 Å². The van der Waals surface area contributed by atoms with Crippen molar-refractivity contribution in [3.63, 3.8) is 0 Å². The van der Waals surface area contributed by atoms with Gasteiger partial charge in [-0.3, -0.25) is 14.2 Å². The first-order chi connectivity index (χ1) is 9.42. The first kappa shape index (κ1) is 16.3. The second kappa shape index (κ2) is 7.13. The Hall–Kier alpha value is -1.77. The van der Waals surface area contributed by atoms with Gasteiger partial charge in [0.15, 0.2) is 5.16 Å². The fraction of sp³-hybridized carbons (Fsp3) is 0.636.